The predicted molar refractivity (Wildman–Crippen MR) is 56.8 cm³/mol. The zero-order valence-corrected chi connectivity index (χ0v) is 8.77. The third kappa shape index (κ3) is 2.12. The molecular weight excluding hydrogens is 228 g/mol. The van der Waals surface area contributed by atoms with Crippen LogP contribution in [0.15, 0.2) is 18.5 Å². The van der Waals surface area contributed by atoms with Crippen molar-refractivity contribution in [3.05, 3.63) is 28.6 Å². The summed E-state index contributed by atoms with van der Waals surface area (Å²) in [4.78, 5) is 17.6. The number of nitrogens with two attached hydrogens (primary N) is 1. The summed E-state index contributed by atoms with van der Waals surface area (Å²) in [6, 6.07) is 1.47. The number of hydrogen-bond donors (Lipinski definition) is 1. The van der Waals surface area contributed by atoms with Crippen LogP contribution in [-0.4, -0.2) is 31.8 Å². The van der Waals surface area contributed by atoms with E-state index >= 15 is 0 Å². The number of nitrogen functional groups attached to an aromatic ring is 1. The molecule has 2 aromatic rings. The lowest BCUT2D eigenvalue weighted by molar-refractivity contribution is -0.384. The number of hydrogen-bond acceptors (Lipinski definition) is 7. The highest BCUT2D eigenvalue weighted by atomic mass is 16.6. The van der Waals surface area contributed by atoms with Crippen molar-refractivity contribution in [3.63, 3.8) is 0 Å². The molecule has 0 atom stereocenters. The van der Waals surface area contributed by atoms with Crippen molar-refractivity contribution in [2.45, 2.75) is 0 Å². The first-order valence-electron chi connectivity index (χ1n) is 4.48. The maximum Gasteiger partial charge on any atom is 0.307 e. The van der Waals surface area contributed by atoms with Crippen LogP contribution in [0.2, 0.25) is 0 Å². The molecule has 17 heavy (non-hydrogen) atoms. The van der Waals surface area contributed by atoms with Crippen molar-refractivity contribution < 1.29 is 9.66 Å². The van der Waals surface area contributed by atoms with Gasteiger partial charge in [0.2, 0.25) is 11.8 Å². The summed E-state index contributed by atoms with van der Waals surface area (Å²) >= 11 is 0. The summed E-state index contributed by atoms with van der Waals surface area (Å²) < 4.78 is 6.13. The standard InChI is InChI=1S/C8H8N6O3/c1-17-7-2-6(11-8(9)12-7)13-4-5(3-10-13)14(15)16/h2-4H,1H3,(H2,9,11,12). The molecule has 2 N–H and O–H groups in total. The lowest BCUT2D eigenvalue weighted by atomic mass is 10.5. The number of anilines is 1. The van der Waals surface area contributed by atoms with Gasteiger partial charge in [-0.2, -0.15) is 15.1 Å². The van der Waals surface area contributed by atoms with E-state index in [1.54, 1.807) is 0 Å². The molecule has 2 rings (SSSR count). The molecule has 0 aliphatic heterocycles. The quantitative estimate of drug-likeness (QED) is 0.594. The lowest BCUT2D eigenvalue weighted by Crippen LogP contribution is -2.04. The summed E-state index contributed by atoms with van der Waals surface area (Å²) in [5.74, 6) is 0.547. The topological polar surface area (TPSA) is 122 Å². The van der Waals surface area contributed by atoms with E-state index in [4.69, 9.17) is 10.5 Å². The van der Waals surface area contributed by atoms with E-state index in [0.717, 1.165) is 6.20 Å². The van der Waals surface area contributed by atoms with E-state index in [-0.39, 0.29) is 17.5 Å². The molecule has 0 radical (unpaired) electrons. The minimum Gasteiger partial charge on any atom is -0.481 e. The summed E-state index contributed by atoms with van der Waals surface area (Å²) in [6.45, 7) is 0. The Morgan fingerprint density at radius 3 is 2.88 bits per heavy atom. The van der Waals surface area contributed by atoms with Crippen molar-refractivity contribution in [1.82, 2.24) is 19.7 Å². The van der Waals surface area contributed by atoms with Crippen molar-refractivity contribution in [2.24, 2.45) is 0 Å². The molecule has 0 saturated heterocycles. The number of ether oxygens (including phenoxy) is 1. The van der Waals surface area contributed by atoms with Crippen molar-refractivity contribution in [1.29, 1.82) is 0 Å². The first-order chi connectivity index (χ1) is 8.10. The van der Waals surface area contributed by atoms with Gasteiger partial charge >= 0.3 is 5.69 Å². The van der Waals surface area contributed by atoms with Gasteiger partial charge in [-0.1, -0.05) is 0 Å². The summed E-state index contributed by atoms with van der Waals surface area (Å²) in [6.07, 6.45) is 2.34. The average molecular weight is 236 g/mol. The van der Waals surface area contributed by atoms with Crippen LogP contribution in [0.1, 0.15) is 0 Å². The molecular formula is C8H8N6O3. The maximum atomic E-state index is 10.5. The van der Waals surface area contributed by atoms with Crippen molar-refractivity contribution in [2.75, 3.05) is 12.8 Å². The molecule has 0 unspecified atom stereocenters. The summed E-state index contributed by atoms with van der Waals surface area (Å²) in [5.41, 5.74) is 5.32. The van der Waals surface area contributed by atoms with E-state index < -0.39 is 4.92 Å². The van der Waals surface area contributed by atoms with Gasteiger partial charge in [0, 0.05) is 6.07 Å². The normalized spacial score (nSPS) is 10.2. The van der Waals surface area contributed by atoms with E-state index in [1.165, 1.54) is 24.1 Å². The molecule has 88 valence electrons. The monoisotopic (exact) mass is 236 g/mol. The second kappa shape index (κ2) is 4.04. The van der Waals surface area contributed by atoms with Crippen LogP contribution >= 0.6 is 0 Å². The van der Waals surface area contributed by atoms with Gasteiger partial charge in [-0.15, -0.1) is 0 Å². The smallest absolute Gasteiger partial charge is 0.307 e. The SMILES string of the molecule is COc1cc(-n2cc([N+](=O)[O-])cn2)nc(N)n1. The highest BCUT2D eigenvalue weighted by Crippen LogP contribution is 2.16. The fraction of sp³-hybridized carbons (Fsp3) is 0.125. The Balaban J connectivity index is 2.44. The first-order valence-corrected chi connectivity index (χ1v) is 4.48. The van der Waals surface area contributed by atoms with Gasteiger partial charge in [0.1, 0.15) is 12.4 Å². The highest BCUT2D eigenvalue weighted by Gasteiger charge is 2.12. The molecule has 9 nitrogen and oxygen atoms in total. The average Bonchev–Trinajstić information content (AvgIpc) is 2.77. The van der Waals surface area contributed by atoms with Crippen LogP contribution in [0.4, 0.5) is 11.6 Å². The predicted octanol–water partition coefficient (Wildman–Crippen LogP) is 0.161. The number of aromatic nitrogens is 4. The summed E-state index contributed by atoms with van der Waals surface area (Å²) in [7, 11) is 1.43. The first kappa shape index (κ1) is 10.8. The van der Waals surface area contributed by atoms with Crippen LogP contribution in [0, 0.1) is 10.1 Å². The van der Waals surface area contributed by atoms with Crippen LogP contribution < -0.4 is 10.5 Å². The van der Waals surface area contributed by atoms with Gasteiger partial charge in [-0.25, -0.2) is 4.68 Å². The Hall–Kier alpha value is -2.71. The van der Waals surface area contributed by atoms with Crippen LogP contribution in [0.3, 0.4) is 0 Å². The largest absolute Gasteiger partial charge is 0.481 e. The van der Waals surface area contributed by atoms with E-state index in [9.17, 15) is 10.1 Å². The molecule has 0 aliphatic carbocycles. The van der Waals surface area contributed by atoms with Gasteiger partial charge in [0.05, 0.1) is 12.0 Å². The number of nitro groups is 1. The maximum absolute atomic E-state index is 10.5. The molecule has 0 fully saturated rings. The van der Waals surface area contributed by atoms with E-state index in [0.29, 0.717) is 5.82 Å². The third-order valence-corrected chi connectivity index (χ3v) is 1.93. The summed E-state index contributed by atoms with van der Waals surface area (Å²) in [5, 5.41) is 14.3. The minimum absolute atomic E-state index is 0.00231. The minimum atomic E-state index is -0.550. The fourth-order valence-corrected chi connectivity index (χ4v) is 1.19. The van der Waals surface area contributed by atoms with E-state index in [2.05, 4.69) is 15.1 Å². The van der Waals surface area contributed by atoms with Crippen molar-refractivity contribution in [3.8, 4) is 11.7 Å². The zero-order valence-electron chi connectivity index (χ0n) is 8.77. The molecule has 9 heteroatoms. The van der Waals surface area contributed by atoms with E-state index in [1.807, 2.05) is 0 Å². The molecule has 2 aromatic heterocycles. The van der Waals surface area contributed by atoms with Gasteiger partial charge < -0.3 is 10.5 Å². The van der Waals surface area contributed by atoms with Crippen LogP contribution in [-0.2, 0) is 0 Å². The molecule has 2 heterocycles. The second-order valence-electron chi connectivity index (χ2n) is 3.03. The number of rotatable bonds is 3. The van der Waals surface area contributed by atoms with Crippen LogP contribution in [0.25, 0.3) is 5.82 Å². The van der Waals surface area contributed by atoms with Gasteiger partial charge in [-0.3, -0.25) is 10.1 Å². The molecule has 0 amide bonds. The zero-order chi connectivity index (χ0) is 12.4. The lowest BCUT2D eigenvalue weighted by Gasteiger charge is -2.03. The molecule has 0 saturated carbocycles. The van der Waals surface area contributed by atoms with Crippen molar-refractivity contribution >= 4 is 11.6 Å². The molecule has 0 aliphatic rings. The Kier molecular flexibility index (Phi) is 2.57. The highest BCUT2D eigenvalue weighted by molar-refractivity contribution is 5.36. The van der Waals surface area contributed by atoms with Gasteiger partial charge in [-0.05, 0) is 0 Å². The molecule has 0 spiro atoms. The molecule has 0 bridgehead atoms. The van der Waals surface area contributed by atoms with Gasteiger partial charge in [0.15, 0.2) is 5.82 Å². The Labute approximate surface area is 95.0 Å². The number of methoxy groups -OCH3 is 1. The number of nitrogens with zero attached hydrogens (tertiary/aromatic N) is 5. The van der Waals surface area contributed by atoms with Crippen LogP contribution in [0.5, 0.6) is 5.88 Å². The Morgan fingerprint density at radius 1 is 1.53 bits per heavy atom. The third-order valence-electron chi connectivity index (χ3n) is 1.93. The Bertz CT molecular complexity index is 566. The second-order valence-corrected chi connectivity index (χ2v) is 3.03. The Morgan fingerprint density at radius 2 is 2.29 bits per heavy atom. The molecule has 0 aromatic carbocycles. The fourth-order valence-electron chi connectivity index (χ4n) is 1.19. The van der Waals surface area contributed by atoms with Gasteiger partial charge in [0.25, 0.3) is 0 Å².